The number of imidazole rings is 1. The summed E-state index contributed by atoms with van der Waals surface area (Å²) in [4.78, 5) is 27.0. The third kappa shape index (κ3) is 5.58. The van der Waals surface area contributed by atoms with Crippen LogP contribution in [-0.4, -0.2) is 38.4 Å². The smallest absolute Gasteiger partial charge is 0.271 e. The summed E-state index contributed by atoms with van der Waals surface area (Å²) in [6.07, 6.45) is 1.74. The maximum Gasteiger partial charge on any atom is 0.271 e. The fraction of sp³-hybridized carbons (Fsp3) is 0.200. The van der Waals surface area contributed by atoms with Crippen molar-refractivity contribution in [1.29, 1.82) is 0 Å². The molecule has 0 saturated carbocycles. The Bertz CT molecular complexity index is 1040. The van der Waals surface area contributed by atoms with Gasteiger partial charge in [0, 0.05) is 30.6 Å². The minimum atomic E-state index is -0.517. The number of ether oxygens (including phenoxy) is 1. The van der Waals surface area contributed by atoms with Gasteiger partial charge in [-0.05, 0) is 23.8 Å². The standard InChI is InChI=1S/C20H20N4O5S/c1-29-18-7-5-14(6-8-18)10-23-11-16(12-25)22-20(23)30-13-19(26)21-15-3-2-4-17(9-15)24(27)28/h2-9,11,25H,10,12-13H2,1H3,(H,21,26). The van der Waals surface area contributed by atoms with Crippen molar-refractivity contribution in [2.45, 2.75) is 18.3 Å². The van der Waals surface area contributed by atoms with Gasteiger partial charge in [-0.25, -0.2) is 4.98 Å². The van der Waals surface area contributed by atoms with Crippen molar-refractivity contribution in [1.82, 2.24) is 9.55 Å². The highest BCUT2D eigenvalue weighted by atomic mass is 32.2. The van der Waals surface area contributed by atoms with Gasteiger partial charge in [-0.15, -0.1) is 0 Å². The van der Waals surface area contributed by atoms with Crippen molar-refractivity contribution in [3.63, 3.8) is 0 Å². The quantitative estimate of drug-likeness (QED) is 0.305. The highest BCUT2D eigenvalue weighted by Gasteiger charge is 2.13. The number of non-ortho nitro benzene ring substituents is 1. The average molecular weight is 428 g/mol. The largest absolute Gasteiger partial charge is 0.497 e. The Kier molecular flexibility index (Phi) is 7.04. The lowest BCUT2D eigenvalue weighted by Crippen LogP contribution is -2.14. The van der Waals surface area contributed by atoms with Crippen molar-refractivity contribution in [2.75, 3.05) is 18.2 Å². The van der Waals surface area contributed by atoms with E-state index in [0.29, 0.717) is 23.1 Å². The third-order valence-corrected chi connectivity index (χ3v) is 5.13. The molecule has 1 amide bonds. The predicted molar refractivity (Wildman–Crippen MR) is 113 cm³/mol. The zero-order valence-corrected chi connectivity index (χ0v) is 17.0. The summed E-state index contributed by atoms with van der Waals surface area (Å²) in [5, 5.41) is 23.5. The molecule has 2 aromatic carbocycles. The summed E-state index contributed by atoms with van der Waals surface area (Å²) in [5.41, 5.74) is 1.78. The molecule has 0 unspecified atom stereocenters. The Morgan fingerprint density at radius 2 is 2.07 bits per heavy atom. The fourth-order valence-electron chi connectivity index (χ4n) is 2.71. The first-order valence-corrected chi connectivity index (χ1v) is 9.94. The summed E-state index contributed by atoms with van der Waals surface area (Å²) in [6.45, 7) is 0.314. The van der Waals surface area contributed by atoms with Crippen LogP contribution >= 0.6 is 11.8 Å². The van der Waals surface area contributed by atoms with Crippen molar-refractivity contribution in [2.24, 2.45) is 0 Å². The van der Waals surface area contributed by atoms with E-state index in [-0.39, 0.29) is 24.0 Å². The number of carbonyl (C=O) groups excluding carboxylic acids is 1. The number of nitro benzene ring substituents is 1. The number of aliphatic hydroxyl groups is 1. The third-order valence-electron chi connectivity index (χ3n) is 4.14. The summed E-state index contributed by atoms with van der Waals surface area (Å²) in [6, 6.07) is 13.3. The lowest BCUT2D eigenvalue weighted by Gasteiger charge is -2.09. The molecule has 0 atom stereocenters. The second-order valence-electron chi connectivity index (χ2n) is 6.29. The molecule has 0 fully saturated rings. The van der Waals surface area contributed by atoms with Crippen molar-refractivity contribution >= 4 is 29.0 Å². The molecule has 0 radical (unpaired) electrons. The van der Waals surface area contributed by atoms with Crippen LogP contribution < -0.4 is 10.1 Å². The molecule has 0 aliphatic heterocycles. The first kappa shape index (κ1) is 21.3. The first-order valence-electron chi connectivity index (χ1n) is 8.95. The maximum absolute atomic E-state index is 12.3. The van der Waals surface area contributed by atoms with E-state index in [9.17, 15) is 20.0 Å². The van der Waals surface area contributed by atoms with Gasteiger partial charge in [-0.3, -0.25) is 14.9 Å². The van der Waals surface area contributed by atoms with Gasteiger partial charge in [0.25, 0.3) is 5.69 Å². The lowest BCUT2D eigenvalue weighted by atomic mass is 10.2. The molecule has 156 valence electrons. The van der Waals surface area contributed by atoms with Gasteiger partial charge in [0.1, 0.15) is 5.75 Å². The number of aromatic nitrogens is 2. The number of nitro groups is 1. The van der Waals surface area contributed by atoms with Gasteiger partial charge in [0.05, 0.1) is 30.1 Å². The topological polar surface area (TPSA) is 120 Å². The van der Waals surface area contributed by atoms with E-state index in [4.69, 9.17) is 4.74 Å². The number of rotatable bonds is 9. The monoisotopic (exact) mass is 428 g/mol. The highest BCUT2D eigenvalue weighted by Crippen LogP contribution is 2.22. The Labute approximate surface area is 176 Å². The molecular weight excluding hydrogens is 408 g/mol. The van der Waals surface area contributed by atoms with Gasteiger partial charge in [0.2, 0.25) is 5.91 Å². The number of hydrogen-bond donors (Lipinski definition) is 2. The summed E-state index contributed by atoms with van der Waals surface area (Å²) in [7, 11) is 1.60. The molecule has 1 aromatic heterocycles. The van der Waals surface area contributed by atoms with Gasteiger partial charge in [-0.2, -0.15) is 0 Å². The van der Waals surface area contributed by atoms with Crippen LogP contribution in [0.4, 0.5) is 11.4 Å². The number of benzene rings is 2. The second-order valence-corrected chi connectivity index (χ2v) is 7.24. The van der Waals surface area contributed by atoms with Crippen molar-refractivity contribution in [3.05, 3.63) is 76.1 Å². The van der Waals surface area contributed by atoms with Crippen LogP contribution in [0.1, 0.15) is 11.3 Å². The number of aliphatic hydroxyl groups excluding tert-OH is 1. The molecule has 0 bridgehead atoms. The average Bonchev–Trinajstić information content (AvgIpc) is 3.14. The first-order chi connectivity index (χ1) is 14.5. The van der Waals surface area contributed by atoms with E-state index in [1.54, 1.807) is 19.4 Å². The van der Waals surface area contributed by atoms with Crippen LogP contribution in [0.15, 0.2) is 59.9 Å². The van der Waals surface area contributed by atoms with Gasteiger partial charge in [0.15, 0.2) is 5.16 Å². The number of nitrogens with zero attached hydrogens (tertiary/aromatic N) is 3. The number of hydrogen-bond acceptors (Lipinski definition) is 7. The van der Waals surface area contributed by atoms with E-state index < -0.39 is 4.92 Å². The molecule has 0 spiro atoms. The highest BCUT2D eigenvalue weighted by molar-refractivity contribution is 7.99. The molecule has 10 heteroatoms. The molecule has 3 rings (SSSR count). The van der Waals surface area contributed by atoms with Gasteiger partial charge in [-0.1, -0.05) is 30.0 Å². The molecule has 3 aromatic rings. The number of carbonyl (C=O) groups is 1. The molecule has 9 nitrogen and oxygen atoms in total. The Hall–Kier alpha value is -3.37. The number of methoxy groups -OCH3 is 1. The van der Waals surface area contributed by atoms with Crippen LogP contribution in [-0.2, 0) is 17.9 Å². The van der Waals surface area contributed by atoms with E-state index in [2.05, 4.69) is 10.3 Å². The number of thioether (sulfide) groups is 1. The minimum Gasteiger partial charge on any atom is -0.497 e. The maximum atomic E-state index is 12.3. The van der Waals surface area contributed by atoms with E-state index in [1.807, 2.05) is 28.8 Å². The zero-order chi connectivity index (χ0) is 21.5. The Balaban J connectivity index is 1.65. The summed E-state index contributed by atoms with van der Waals surface area (Å²) >= 11 is 1.22. The molecule has 0 saturated heterocycles. The zero-order valence-electron chi connectivity index (χ0n) is 16.1. The van der Waals surface area contributed by atoms with Gasteiger partial charge >= 0.3 is 0 Å². The number of nitrogens with one attached hydrogen (secondary N) is 1. The van der Waals surface area contributed by atoms with E-state index >= 15 is 0 Å². The Morgan fingerprint density at radius 1 is 1.30 bits per heavy atom. The minimum absolute atomic E-state index is 0.0627. The van der Waals surface area contributed by atoms with Crippen molar-refractivity contribution < 1.29 is 19.6 Å². The Morgan fingerprint density at radius 3 is 2.73 bits per heavy atom. The molecule has 0 aliphatic carbocycles. The SMILES string of the molecule is COc1ccc(Cn2cc(CO)nc2SCC(=O)Nc2cccc([N+](=O)[O-])c2)cc1. The fourth-order valence-corrected chi connectivity index (χ4v) is 3.50. The molecule has 1 heterocycles. The normalized spacial score (nSPS) is 10.6. The second kappa shape index (κ2) is 9.90. The lowest BCUT2D eigenvalue weighted by molar-refractivity contribution is -0.384. The van der Waals surface area contributed by atoms with E-state index in [0.717, 1.165) is 11.3 Å². The van der Waals surface area contributed by atoms with Crippen LogP contribution in [0.5, 0.6) is 5.75 Å². The van der Waals surface area contributed by atoms with Crippen LogP contribution in [0.25, 0.3) is 0 Å². The predicted octanol–water partition coefficient (Wildman–Crippen LogP) is 3.07. The molecular formula is C20H20N4O5S. The molecule has 2 N–H and O–H groups in total. The summed E-state index contributed by atoms with van der Waals surface area (Å²) in [5.74, 6) is 0.505. The summed E-state index contributed by atoms with van der Waals surface area (Å²) < 4.78 is 7.02. The van der Waals surface area contributed by atoms with Crippen LogP contribution in [0.3, 0.4) is 0 Å². The molecule has 0 aliphatic rings. The van der Waals surface area contributed by atoms with Crippen molar-refractivity contribution in [3.8, 4) is 5.75 Å². The van der Waals surface area contributed by atoms with Crippen LogP contribution in [0.2, 0.25) is 0 Å². The van der Waals surface area contributed by atoms with Crippen LogP contribution in [0, 0.1) is 10.1 Å². The van der Waals surface area contributed by atoms with E-state index in [1.165, 1.54) is 30.0 Å². The van der Waals surface area contributed by atoms with Gasteiger partial charge < -0.3 is 19.7 Å². The number of anilines is 1. The molecule has 30 heavy (non-hydrogen) atoms. The number of amides is 1.